The van der Waals surface area contributed by atoms with Crippen molar-refractivity contribution < 1.29 is 31.3 Å². The van der Waals surface area contributed by atoms with Crippen LogP contribution < -0.4 is 0 Å². The van der Waals surface area contributed by atoms with E-state index in [1.165, 1.54) is 29.9 Å². The maximum absolute atomic E-state index is 12.4. The van der Waals surface area contributed by atoms with Crippen LogP contribution in [0.25, 0.3) is 0 Å². The van der Waals surface area contributed by atoms with Gasteiger partial charge in [-0.05, 0) is 47.6 Å². The van der Waals surface area contributed by atoms with E-state index in [1.807, 2.05) is 0 Å². The van der Waals surface area contributed by atoms with E-state index in [2.05, 4.69) is 56.4 Å². The summed E-state index contributed by atoms with van der Waals surface area (Å²) in [4.78, 5) is 11.9. The van der Waals surface area contributed by atoms with Crippen molar-refractivity contribution in [3.8, 4) is 0 Å². The Morgan fingerprint density at radius 2 is 1.70 bits per heavy atom. The molecule has 0 bridgehead atoms. The molecule has 5 nitrogen and oxygen atoms in total. The topological polar surface area (TPSA) is 83.5 Å². The molecule has 0 radical (unpaired) electrons. The second kappa shape index (κ2) is 11.0. The molecule has 0 aromatic heterocycles. The Hall–Kier alpha value is -1.00. The second-order valence-electron chi connectivity index (χ2n) is 7.84. The highest BCUT2D eigenvalue weighted by atomic mass is 35.5. The van der Waals surface area contributed by atoms with Crippen LogP contribution in [-0.4, -0.2) is 48.2 Å². The average molecular weight is 485 g/mol. The molecule has 0 unspecified atom stereocenters. The van der Waals surface area contributed by atoms with Gasteiger partial charge < -0.3 is 9.29 Å². The summed E-state index contributed by atoms with van der Waals surface area (Å²) < 4.78 is 58.8. The quantitative estimate of drug-likeness (QED) is 0.250. The standard InChI is InChI=1S/C14H21S.C6H7ClF2O5S/c1-14(2,3)12-6-8-13(9-7-12)15-10-4-5-11-15;1-4(5(7)10)2-14-3-6(8,9)15(11,12)13/h6-9H,4-5,10-11H2,1-3H3;1-3H2,(H,11,12,13)/q+1;/p-1. The van der Waals surface area contributed by atoms with Crippen LogP contribution in [0, 0.1) is 0 Å². The summed E-state index contributed by atoms with van der Waals surface area (Å²) in [5.74, 6) is 2.85. The Morgan fingerprint density at radius 1 is 1.20 bits per heavy atom. The molecular formula is C20H27ClF2O5S2. The van der Waals surface area contributed by atoms with Crippen molar-refractivity contribution in [2.75, 3.05) is 24.7 Å². The third-order valence-electron chi connectivity index (χ3n) is 4.28. The first-order valence-electron chi connectivity index (χ1n) is 9.22. The predicted molar refractivity (Wildman–Crippen MR) is 115 cm³/mol. The zero-order chi connectivity index (χ0) is 23.2. The number of halogens is 3. The van der Waals surface area contributed by atoms with Crippen LogP contribution in [-0.2, 0) is 36.0 Å². The van der Waals surface area contributed by atoms with Crippen LogP contribution in [0.15, 0.2) is 41.3 Å². The molecule has 2 rings (SSSR count). The lowest BCUT2D eigenvalue weighted by Crippen LogP contribution is -2.34. The molecule has 1 aromatic rings. The van der Waals surface area contributed by atoms with E-state index in [-0.39, 0.29) is 11.0 Å². The molecule has 1 aliphatic rings. The molecule has 170 valence electrons. The van der Waals surface area contributed by atoms with Crippen molar-refractivity contribution in [1.82, 2.24) is 0 Å². The summed E-state index contributed by atoms with van der Waals surface area (Å²) >= 11 is 4.88. The monoisotopic (exact) mass is 484 g/mol. The SMILES string of the molecule is C=C(COCC(F)(F)S(=O)(=O)[O-])C(=O)Cl.CC(C)(C)c1ccc([S+]2CCCC2)cc1. The van der Waals surface area contributed by atoms with Crippen molar-refractivity contribution >= 4 is 37.9 Å². The molecule has 30 heavy (non-hydrogen) atoms. The van der Waals surface area contributed by atoms with Gasteiger partial charge in [-0.1, -0.05) is 39.5 Å². The van der Waals surface area contributed by atoms with E-state index in [0.29, 0.717) is 10.9 Å². The second-order valence-corrected chi connectivity index (χ2v) is 12.0. The smallest absolute Gasteiger partial charge is 0.357 e. The minimum Gasteiger partial charge on any atom is -0.743 e. The van der Waals surface area contributed by atoms with Gasteiger partial charge in [0.2, 0.25) is 5.24 Å². The summed E-state index contributed by atoms with van der Waals surface area (Å²) in [6.07, 6.45) is 2.87. The average Bonchev–Trinajstić information content (AvgIpc) is 3.15. The van der Waals surface area contributed by atoms with Gasteiger partial charge in [-0.2, -0.15) is 8.78 Å². The maximum atomic E-state index is 12.4. The summed E-state index contributed by atoms with van der Waals surface area (Å²) in [5, 5.41) is -5.54. The van der Waals surface area contributed by atoms with Crippen molar-refractivity contribution in [3.63, 3.8) is 0 Å². The van der Waals surface area contributed by atoms with Crippen molar-refractivity contribution in [3.05, 3.63) is 42.0 Å². The van der Waals surface area contributed by atoms with E-state index in [4.69, 9.17) is 11.6 Å². The molecule has 1 aromatic carbocycles. The highest BCUT2D eigenvalue weighted by Gasteiger charge is 2.38. The molecule has 1 fully saturated rings. The third-order valence-corrected chi connectivity index (χ3v) is 7.89. The van der Waals surface area contributed by atoms with Gasteiger partial charge in [0.15, 0.2) is 15.0 Å². The number of hydrogen-bond donors (Lipinski definition) is 0. The molecule has 0 saturated carbocycles. The van der Waals surface area contributed by atoms with E-state index in [1.54, 1.807) is 4.90 Å². The van der Waals surface area contributed by atoms with Crippen molar-refractivity contribution in [2.24, 2.45) is 0 Å². The first-order valence-corrected chi connectivity index (χ1v) is 12.6. The van der Waals surface area contributed by atoms with Gasteiger partial charge in [0.1, 0.15) is 18.1 Å². The molecule has 10 heteroatoms. The number of carbonyl (C=O) groups excluding carboxylic acids is 1. The Bertz CT molecular complexity index is 828. The molecule has 0 N–H and O–H groups in total. The summed E-state index contributed by atoms with van der Waals surface area (Å²) in [6, 6.07) is 9.35. The Balaban J connectivity index is 0.000000300. The third kappa shape index (κ3) is 8.63. The first-order chi connectivity index (χ1) is 13.6. The number of carbonyl (C=O) groups is 1. The lowest BCUT2D eigenvalue weighted by molar-refractivity contribution is -0.109. The van der Waals surface area contributed by atoms with Gasteiger partial charge in [0, 0.05) is 16.5 Å². The summed E-state index contributed by atoms with van der Waals surface area (Å²) in [5.41, 5.74) is 1.42. The van der Waals surface area contributed by atoms with Crippen LogP contribution in [0.3, 0.4) is 0 Å². The van der Waals surface area contributed by atoms with Crippen LogP contribution in [0.4, 0.5) is 8.78 Å². The van der Waals surface area contributed by atoms with E-state index in [9.17, 15) is 26.5 Å². The van der Waals surface area contributed by atoms with Crippen molar-refractivity contribution in [2.45, 2.75) is 49.2 Å². The fraction of sp³-hybridized carbons (Fsp3) is 0.550. The molecule has 1 aliphatic heterocycles. The molecule has 0 aliphatic carbocycles. The Kier molecular flexibility index (Phi) is 9.95. The number of rotatable bonds is 7. The number of alkyl halides is 2. The minimum absolute atomic E-state index is 0.289. The number of hydrogen-bond acceptors (Lipinski definition) is 5. The van der Waals surface area contributed by atoms with Crippen LogP contribution in [0.1, 0.15) is 39.2 Å². The largest absolute Gasteiger partial charge is 0.743 e. The predicted octanol–water partition coefficient (Wildman–Crippen LogP) is 4.22. The highest BCUT2D eigenvalue weighted by Crippen LogP contribution is 2.27. The first kappa shape index (κ1) is 27.0. The normalized spacial score (nSPS) is 15.4. The van der Waals surface area contributed by atoms with Gasteiger partial charge in [-0.15, -0.1) is 0 Å². The van der Waals surface area contributed by atoms with Gasteiger partial charge >= 0.3 is 5.25 Å². The molecule has 1 saturated heterocycles. The van der Waals surface area contributed by atoms with E-state index >= 15 is 0 Å². The lowest BCUT2D eigenvalue weighted by Gasteiger charge is -2.19. The maximum Gasteiger partial charge on any atom is 0.357 e. The van der Waals surface area contributed by atoms with Gasteiger partial charge in [-0.25, -0.2) is 8.42 Å². The highest BCUT2D eigenvalue weighted by molar-refractivity contribution is 7.97. The Labute approximate surface area is 184 Å². The zero-order valence-electron chi connectivity index (χ0n) is 17.3. The molecule has 1 heterocycles. The minimum atomic E-state index is -5.78. The van der Waals surface area contributed by atoms with Gasteiger partial charge in [0.05, 0.1) is 6.61 Å². The van der Waals surface area contributed by atoms with Crippen LogP contribution in [0.5, 0.6) is 0 Å². The zero-order valence-corrected chi connectivity index (χ0v) is 19.6. The van der Waals surface area contributed by atoms with Gasteiger partial charge in [0.25, 0.3) is 0 Å². The fourth-order valence-electron chi connectivity index (χ4n) is 2.46. The molecule has 0 atom stereocenters. The van der Waals surface area contributed by atoms with Crippen LogP contribution in [0.2, 0.25) is 0 Å². The Morgan fingerprint density at radius 3 is 2.10 bits per heavy atom. The molecule has 0 amide bonds. The van der Waals surface area contributed by atoms with Gasteiger partial charge in [-0.3, -0.25) is 4.79 Å². The van der Waals surface area contributed by atoms with E-state index in [0.717, 1.165) is 0 Å². The summed E-state index contributed by atoms with van der Waals surface area (Å²) in [7, 11) is -5.20. The van der Waals surface area contributed by atoms with Crippen molar-refractivity contribution in [1.29, 1.82) is 0 Å². The fourth-order valence-corrected chi connectivity index (χ4v) is 5.04. The number of ether oxygens (including phenoxy) is 1. The molecular weight excluding hydrogens is 458 g/mol. The lowest BCUT2D eigenvalue weighted by atomic mass is 9.87. The summed E-state index contributed by atoms with van der Waals surface area (Å²) in [6.45, 7) is 7.57. The molecule has 0 spiro atoms. The van der Waals surface area contributed by atoms with E-state index < -0.39 is 33.8 Å². The number of benzene rings is 1. The van der Waals surface area contributed by atoms with Crippen LogP contribution >= 0.6 is 11.6 Å².